The SMILES string of the molecule is N=C(Nc1ccc(-c2ccc(-c3ccc(OCCCCCCCn4ccnc4)cc3)o2)cc1)c1ccccn1. The summed E-state index contributed by atoms with van der Waals surface area (Å²) >= 11 is 0. The van der Waals surface area contributed by atoms with Crippen LogP contribution >= 0.6 is 0 Å². The number of ether oxygens (including phenoxy) is 1. The third-order valence-electron chi connectivity index (χ3n) is 6.49. The first-order valence-electron chi connectivity index (χ1n) is 13.4. The Morgan fingerprint density at radius 1 is 0.795 bits per heavy atom. The van der Waals surface area contributed by atoms with Crippen molar-refractivity contribution >= 4 is 11.5 Å². The molecule has 0 saturated heterocycles. The van der Waals surface area contributed by atoms with Gasteiger partial charge in [0, 0.05) is 41.9 Å². The lowest BCUT2D eigenvalue weighted by Gasteiger charge is -2.08. The third kappa shape index (κ3) is 7.45. The van der Waals surface area contributed by atoms with Crippen LogP contribution in [0.4, 0.5) is 5.69 Å². The first kappa shape index (κ1) is 26.0. The number of nitrogens with one attached hydrogen (secondary N) is 2. The molecule has 0 fully saturated rings. The van der Waals surface area contributed by atoms with E-state index in [4.69, 9.17) is 14.6 Å². The van der Waals surface area contributed by atoms with Gasteiger partial charge in [0.05, 0.1) is 12.9 Å². The highest BCUT2D eigenvalue weighted by atomic mass is 16.5. The molecule has 2 N–H and O–H groups in total. The summed E-state index contributed by atoms with van der Waals surface area (Å²) in [5, 5.41) is 11.3. The van der Waals surface area contributed by atoms with Crippen molar-refractivity contribution < 1.29 is 9.15 Å². The Labute approximate surface area is 229 Å². The van der Waals surface area contributed by atoms with Gasteiger partial charge >= 0.3 is 0 Å². The van der Waals surface area contributed by atoms with Crippen molar-refractivity contribution in [2.75, 3.05) is 11.9 Å². The second kappa shape index (κ2) is 13.2. The van der Waals surface area contributed by atoms with Gasteiger partial charge in [0.25, 0.3) is 0 Å². The summed E-state index contributed by atoms with van der Waals surface area (Å²) in [4.78, 5) is 8.28. The fourth-order valence-corrected chi connectivity index (χ4v) is 4.34. The average molecular weight is 520 g/mol. The first-order chi connectivity index (χ1) is 19.2. The number of pyridine rings is 1. The quantitative estimate of drug-likeness (QED) is 0.0946. The molecule has 0 saturated carbocycles. The molecule has 0 radical (unpaired) electrons. The van der Waals surface area contributed by atoms with E-state index in [0.29, 0.717) is 5.69 Å². The van der Waals surface area contributed by atoms with Crippen LogP contribution < -0.4 is 10.1 Å². The van der Waals surface area contributed by atoms with E-state index in [-0.39, 0.29) is 5.84 Å². The molecule has 39 heavy (non-hydrogen) atoms. The number of aromatic nitrogens is 3. The Hall–Kier alpha value is -4.65. The highest BCUT2D eigenvalue weighted by Gasteiger charge is 2.09. The van der Waals surface area contributed by atoms with Crippen LogP contribution in [0.5, 0.6) is 5.75 Å². The number of benzene rings is 2. The molecule has 3 heterocycles. The number of unbranched alkanes of at least 4 members (excludes halogenated alkanes) is 4. The molecule has 7 heteroatoms. The zero-order valence-corrected chi connectivity index (χ0v) is 21.9. The summed E-state index contributed by atoms with van der Waals surface area (Å²) in [5.41, 5.74) is 3.40. The molecule has 0 aliphatic rings. The lowest BCUT2D eigenvalue weighted by atomic mass is 10.1. The van der Waals surface area contributed by atoms with Gasteiger partial charge in [-0.05, 0) is 85.6 Å². The van der Waals surface area contributed by atoms with Crippen LogP contribution in [0.1, 0.15) is 37.8 Å². The van der Waals surface area contributed by atoms with Crippen LogP contribution in [0.15, 0.2) is 108 Å². The van der Waals surface area contributed by atoms with Gasteiger partial charge in [-0.25, -0.2) is 4.98 Å². The summed E-state index contributed by atoms with van der Waals surface area (Å²) in [6.07, 6.45) is 13.3. The predicted molar refractivity (Wildman–Crippen MR) is 155 cm³/mol. The highest BCUT2D eigenvalue weighted by Crippen LogP contribution is 2.30. The summed E-state index contributed by atoms with van der Waals surface area (Å²) in [6.45, 7) is 1.78. The van der Waals surface area contributed by atoms with E-state index in [9.17, 15) is 0 Å². The average Bonchev–Trinajstić information content (AvgIpc) is 3.69. The number of furan rings is 1. The Morgan fingerprint density at radius 3 is 2.21 bits per heavy atom. The number of imidazole rings is 1. The van der Waals surface area contributed by atoms with Crippen LogP contribution in [0, 0.1) is 5.41 Å². The van der Waals surface area contributed by atoms with Gasteiger partial charge < -0.3 is 19.0 Å². The monoisotopic (exact) mass is 519 g/mol. The minimum absolute atomic E-state index is 0.258. The Morgan fingerprint density at radius 2 is 1.51 bits per heavy atom. The summed E-state index contributed by atoms with van der Waals surface area (Å²) < 4.78 is 14.2. The molecule has 0 aliphatic heterocycles. The molecule has 0 bridgehead atoms. The molecule has 5 rings (SSSR count). The highest BCUT2D eigenvalue weighted by molar-refractivity contribution is 6.04. The molecular weight excluding hydrogens is 486 g/mol. The topological polar surface area (TPSA) is 89.0 Å². The van der Waals surface area contributed by atoms with E-state index in [1.807, 2.05) is 91.5 Å². The first-order valence-corrected chi connectivity index (χ1v) is 13.4. The standard InChI is InChI=1S/C32H33N5O2/c33-32(29-8-4-5-19-35-29)36-27-13-9-25(10-14-27)30-17-18-31(39-30)26-11-15-28(16-12-26)38-23-7-3-1-2-6-21-37-22-20-34-24-37/h4-5,8-20,22,24H,1-3,6-7,21,23H2,(H2,33,36). The van der Waals surface area contributed by atoms with E-state index in [2.05, 4.69) is 19.9 Å². The van der Waals surface area contributed by atoms with E-state index in [1.54, 1.807) is 12.3 Å². The largest absolute Gasteiger partial charge is 0.494 e. The second-order valence-electron chi connectivity index (χ2n) is 9.40. The van der Waals surface area contributed by atoms with Crippen LogP contribution in [-0.4, -0.2) is 27.0 Å². The van der Waals surface area contributed by atoms with Gasteiger partial charge in [0.1, 0.15) is 28.8 Å². The molecule has 2 aromatic carbocycles. The number of anilines is 1. The van der Waals surface area contributed by atoms with E-state index < -0.39 is 0 Å². The van der Waals surface area contributed by atoms with Crippen molar-refractivity contribution in [1.82, 2.24) is 14.5 Å². The zero-order chi connectivity index (χ0) is 26.7. The lowest BCUT2D eigenvalue weighted by Crippen LogP contribution is -2.13. The molecular formula is C32H33N5O2. The normalized spacial score (nSPS) is 10.9. The van der Waals surface area contributed by atoms with Gasteiger partial charge in [-0.3, -0.25) is 10.4 Å². The number of nitrogens with zero attached hydrogens (tertiary/aromatic N) is 3. The van der Waals surface area contributed by atoms with Gasteiger partial charge in [-0.1, -0.05) is 25.3 Å². The number of hydrogen-bond donors (Lipinski definition) is 2. The minimum atomic E-state index is 0.258. The van der Waals surface area contributed by atoms with E-state index in [1.165, 1.54) is 25.7 Å². The maximum Gasteiger partial charge on any atom is 0.148 e. The Bertz CT molecular complexity index is 1430. The molecule has 0 atom stereocenters. The van der Waals surface area contributed by atoms with Crippen LogP contribution in [0.2, 0.25) is 0 Å². The second-order valence-corrected chi connectivity index (χ2v) is 9.40. The number of rotatable bonds is 13. The Balaban J connectivity index is 1.05. The molecule has 0 spiro atoms. The number of aryl methyl sites for hydroxylation is 1. The van der Waals surface area contributed by atoms with Gasteiger partial charge in [-0.15, -0.1) is 0 Å². The predicted octanol–water partition coefficient (Wildman–Crippen LogP) is 7.67. The van der Waals surface area contributed by atoms with E-state index in [0.717, 1.165) is 53.7 Å². The molecule has 0 unspecified atom stereocenters. The minimum Gasteiger partial charge on any atom is -0.494 e. The maximum atomic E-state index is 8.19. The smallest absolute Gasteiger partial charge is 0.148 e. The van der Waals surface area contributed by atoms with Crippen LogP contribution in [0.3, 0.4) is 0 Å². The number of hydrogen-bond acceptors (Lipinski definition) is 5. The van der Waals surface area contributed by atoms with Crippen LogP contribution in [-0.2, 0) is 6.54 Å². The third-order valence-corrected chi connectivity index (χ3v) is 6.49. The molecule has 0 aliphatic carbocycles. The molecule has 5 aromatic rings. The fourth-order valence-electron chi connectivity index (χ4n) is 4.34. The summed E-state index contributed by atoms with van der Waals surface area (Å²) in [6, 6.07) is 25.4. The molecule has 7 nitrogen and oxygen atoms in total. The zero-order valence-electron chi connectivity index (χ0n) is 21.9. The van der Waals surface area contributed by atoms with Crippen LogP contribution in [0.25, 0.3) is 22.6 Å². The maximum absolute atomic E-state index is 8.19. The molecule has 0 amide bonds. The van der Waals surface area contributed by atoms with Gasteiger partial charge in [0.15, 0.2) is 0 Å². The number of amidine groups is 1. The lowest BCUT2D eigenvalue weighted by molar-refractivity contribution is 0.304. The van der Waals surface area contributed by atoms with Crippen molar-refractivity contribution in [3.8, 4) is 28.4 Å². The molecule has 3 aromatic heterocycles. The van der Waals surface area contributed by atoms with Crippen molar-refractivity contribution in [3.05, 3.63) is 109 Å². The van der Waals surface area contributed by atoms with E-state index >= 15 is 0 Å². The van der Waals surface area contributed by atoms with Crippen molar-refractivity contribution in [2.24, 2.45) is 0 Å². The van der Waals surface area contributed by atoms with Crippen molar-refractivity contribution in [3.63, 3.8) is 0 Å². The summed E-state index contributed by atoms with van der Waals surface area (Å²) in [7, 11) is 0. The Kier molecular flexibility index (Phi) is 8.82. The van der Waals surface area contributed by atoms with Crippen molar-refractivity contribution in [1.29, 1.82) is 5.41 Å². The van der Waals surface area contributed by atoms with Crippen molar-refractivity contribution in [2.45, 2.75) is 38.6 Å². The summed E-state index contributed by atoms with van der Waals surface area (Å²) in [5.74, 6) is 2.74. The van der Waals surface area contributed by atoms with Gasteiger partial charge in [-0.2, -0.15) is 0 Å². The fraction of sp³-hybridized carbons (Fsp3) is 0.219. The molecule has 198 valence electrons. The van der Waals surface area contributed by atoms with Gasteiger partial charge in [0.2, 0.25) is 0 Å².